The molecule has 0 aliphatic carbocycles. The van der Waals surface area contributed by atoms with Crippen LogP contribution in [0.3, 0.4) is 0 Å². The predicted molar refractivity (Wildman–Crippen MR) is 46.6 cm³/mol. The van der Waals surface area contributed by atoms with Crippen molar-refractivity contribution in [1.29, 1.82) is 0 Å². The topological polar surface area (TPSA) is 17.1 Å². The minimum absolute atomic E-state index is 0.692. The summed E-state index contributed by atoms with van der Waals surface area (Å²) in [6.07, 6.45) is 6.03. The van der Waals surface area contributed by atoms with E-state index >= 15 is 0 Å². The Morgan fingerprint density at radius 2 is 2.20 bits per heavy atom. The van der Waals surface area contributed by atoms with E-state index in [1.165, 1.54) is 0 Å². The number of allylic oxidation sites excluding steroid dienone is 5. The molecule has 0 aromatic heterocycles. The van der Waals surface area contributed by atoms with Crippen LogP contribution in [0.2, 0.25) is 0 Å². The maximum atomic E-state index is 10.3. The molecule has 2 heteroatoms. The van der Waals surface area contributed by atoms with E-state index in [2.05, 4.69) is 6.58 Å². The van der Waals surface area contributed by atoms with Crippen molar-refractivity contribution in [2.75, 3.05) is 0 Å². The van der Waals surface area contributed by atoms with Crippen LogP contribution in [0.15, 0.2) is 35.9 Å². The van der Waals surface area contributed by atoms with Gasteiger partial charge < -0.3 is 0 Å². The van der Waals surface area contributed by atoms with Gasteiger partial charge in [-0.1, -0.05) is 30.3 Å². The number of rotatable bonds is 3. The highest BCUT2D eigenvalue weighted by Gasteiger charge is 1.92. The highest BCUT2D eigenvalue weighted by atomic mass is 16.1. The molecule has 0 aromatic carbocycles. The van der Waals surface area contributed by atoms with E-state index < -0.39 is 0 Å². The Balaban J connectivity index is 4.51. The van der Waals surface area contributed by atoms with Crippen LogP contribution < -0.4 is 0 Å². The van der Waals surface area contributed by atoms with E-state index in [0.29, 0.717) is 5.57 Å². The molecule has 1 nitrogen and oxygen atoms in total. The van der Waals surface area contributed by atoms with E-state index in [0.717, 1.165) is 11.8 Å². The van der Waals surface area contributed by atoms with Gasteiger partial charge in [0.2, 0.25) is 0 Å². The van der Waals surface area contributed by atoms with Gasteiger partial charge in [0.15, 0.2) is 0 Å². The monoisotopic (exact) mass is 134 g/mol. The number of carbonyl (C=O) groups is 1. The zero-order valence-corrected chi connectivity index (χ0v) is 6.42. The Morgan fingerprint density at radius 1 is 1.60 bits per heavy atom. The molecule has 0 N–H and O–H groups in total. The summed E-state index contributed by atoms with van der Waals surface area (Å²) in [5, 5.41) is 0. The van der Waals surface area contributed by atoms with Crippen LogP contribution in [0, 0.1) is 0 Å². The third-order valence-electron chi connectivity index (χ3n) is 1.31. The van der Waals surface area contributed by atoms with Gasteiger partial charge in [0, 0.05) is 5.57 Å². The van der Waals surface area contributed by atoms with Gasteiger partial charge in [-0.15, -0.1) is 0 Å². The SMILES string of the molecule is BC(=C/C)/C(C=O)=C\C=C. The molecule has 52 valence electrons. The number of hydrogen-bond donors (Lipinski definition) is 0. The minimum atomic E-state index is 0.692. The molecule has 0 aliphatic heterocycles. The first-order valence-electron chi connectivity index (χ1n) is 3.17. The molecular formula is C8H11BO. The van der Waals surface area contributed by atoms with E-state index in [4.69, 9.17) is 0 Å². The Morgan fingerprint density at radius 3 is 2.50 bits per heavy atom. The van der Waals surface area contributed by atoms with Gasteiger partial charge >= 0.3 is 0 Å². The molecular weight excluding hydrogens is 123 g/mol. The van der Waals surface area contributed by atoms with E-state index in [1.54, 1.807) is 12.2 Å². The Labute approximate surface area is 62.5 Å². The van der Waals surface area contributed by atoms with Crippen LogP contribution in [0.25, 0.3) is 0 Å². The third-order valence-corrected chi connectivity index (χ3v) is 1.31. The van der Waals surface area contributed by atoms with E-state index in [9.17, 15) is 4.79 Å². The minimum Gasteiger partial charge on any atom is -0.298 e. The molecule has 0 atom stereocenters. The van der Waals surface area contributed by atoms with Crippen LogP contribution in [0.5, 0.6) is 0 Å². The lowest BCUT2D eigenvalue weighted by Crippen LogP contribution is -1.89. The quantitative estimate of drug-likeness (QED) is 0.242. The zero-order chi connectivity index (χ0) is 7.98. The summed E-state index contributed by atoms with van der Waals surface area (Å²) in [5.41, 5.74) is 1.67. The van der Waals surface area contributed by atoms with Gasteiger partial charge in [-0.25, -0.2) is 0 Å². The van der Waals surface area contributed by atoms with Crippen molar-refractivity contribution in [3.63, 3.8) is 0 Å². The zero-order valence-electron chi connectivity index (χ0n) is 6.42. The number of carbonyl (C=O) groups excluding carboxylic acids is 1. The molecule has 0 aromatic rings. The van der Waals surface area contributed by atoms with Gasteiger partial charge in [-0.3, -0.25) is 4.79 Å². The summed E-state index contributed by atoms with van der Waals surface area (Å²) in [7, 11) is 1.89. The normalized spacial score (nSPS) is 12.9. The smallest absolute Gasteiger partial charge is 0.149 e. The molecule has 0 bridgehead atoms. The molecule has 0 radical (unpaired) electrons. The van der Waals surface area contributed by atoms with Crippen LogP contribution >= 0.6 is 0 Å². The fourth-order valence-corrected chi connectivity index (χ4v) is 0.557. The predicted octanol–water partition coefficient (Wildman–Crippen LogP) is 0.835. The van der Waals surface area contributed by atoms with E-state index in [1.807, 2.05) is 20.8 Å². The second-order valence-corrected chi connectivity index (χ2v) is 1.95. The average molecular weight is 134 g/mol. The van der Waals surface area contributed by atoms with Crippen molar-refractivity contribution in [1.82, 2.24) is 0 Å². The first-order chi connectivity index (χ1) is 4.76. The van der Waals surface area contributed by atoms with Crippen molar-refractivity contribution in [2.45, 2.75) is 6.92 Å². The van der Waals surface area contributed by atoms with Crippen LogP contribution in [-0.4, -0.2) is 14.1 Å². The molecule has 0 saturated carbocycles. The van der Waals surface area contributed by atoms with Crippen molar-refractivity contribution >= 4 is 14.1 Å². The van der Waals surface area contributed by atoms with Gasteiger partial charge in [-0.2, -0.15) is 0 Å². The fraction of sp³-hybridized carbons (Fsp3) is 0.125. The largest absolute Gasteiger partial charge is 0.298 e. The van der Waals surface area contributed by atoms with Crippen molar-refractivity contribution in [3.8, 4) is 0 Å². The maximum Gasteiger partial charge on any atom is 0.149 e. The Hall–Kier alpha value is -1.05. The van der Waals surface area contributed by atoms with Crippen molar-refractivity contribution < 1.29 is 4.79 Å². The molecule has 10 heavy (non-hydrogen) atoms. The molecule has 0 amide bonds. The summed E-state index contributed by atoms with van der Waals surface area (Å²) >= 11 is 0. The summed E-state index contributed by atoms with van der Waals surface area (Å²) in [6, 6.07) is 0. The lowest BCUT2D eigenvalue weighted by Gasteiger charge is -1.94. The maximum absolute atomic E-state index is 10.3. The number of hydrogen-bond acceptors (Lipinski definition) is 1. The average Bonchev–Trinajstić information content (AvgIpc) is 1.99. The van der Waals surface area contributed by atoms with Gasteiger partial charge in [-0.05, 0) is 6.92 Å². The summed E-state index contributed by atoms with van der Waals surface area (Å²) in [5.74, 6) is 0. The van der Waals surface area contributed by atoms with Gasteiger partial charge in [0.1, 0.15) is 14.1 Å². The van der Waals surface area contributed by atoms with Crippen LogP contribution in [-0.2, 0) is 4.79 Å². The van der Waals surface area contributed by atoms with Crippen molar-refractivity contribution in [3.05, 3.63) is 35.9 Å². The summed E-state index contributed by atoms with van der Waals surface area (Å²) in [4.78, 5) is 10.3. The molecule has 0 unspecified atom stereocenters. The molecule has 0 spiro atoms. The van der Waals surface area contributed by atoms with Gasteiger partial charge in [0.05, 0.1) is 0 Å². The highest BCUT2D eigenvalue weighted by molar-refractivity contribution is 6.27. The summed E-state index contributed by atoms with van der Waals surface area (Å²) in [6.45, 7) is 5.40. The lowest BCUT2D eigenvalue weighted by atomic mass is 9.88. The van der Waals surface area contributed by atoms with Crippen molar-refractivity contribution in [2.24, 2.45) is 0 Å². The van der Waals surface area contributed by atoms with Gasteiger partial charge in [0.25, 0.3) is 0 Å². The molecule has 0 aliphatic rings. The molecule has 0 rings (SSSR count). The summed E-state index contributed by atoms with van der Waals surface area (Å²) < 4.78 is 0. The third kappa shape index (κ3) is 2.49. The molecule has 0 saturated heterocycles. The first kappa shape index (κ1) is 8.95. The highest BCUT2D eigenvalue weighted by Crippen LogP contribution is 2.01. The fourth-order valence-electron chi connectivity index (χ4n) is 0.557. The van der Waals surface area contributed by atoms with E-state index in [-0.39, 0.29) is 0 Å². The lowest BCUT2D eigenvalue weighted by molar-refractivity contribution is -0.104. The Bertz CT molecular complexity index is 189. The first-order valence-corrected chi connectivity index (χ1v) is 3.17. The van der Waals surface area contributed by atoms with Crippen LogP contribution in [0.4, 0.5) is 0 Å². The second kappa shape index (κ2) is 4.80. The second-order valence-electron chi connectivity index (χ2n) is 1.95. The molecule has 0 fully saturated rings. The standard InChI is InChI=1S/C8H11BO/c1-3-5-7(6-10)8(9)4-2/h3-6H,1,9H2,2H3/b7-5-,8-4+. The molecule has 0 heterocycles. The number of aldehydes is 1. The van der Waals surface area contributed by atoms with Crippen LogP contribution in [0.1, 0.15) is 6.92 Å². The Kier molecular flexibility index (Phi) is 4.30.